The summed E-state index contributed by atoms with van der Waals surface area (Å²) >= 11 is 0. The maximum atomic E-state index is 11.6. The van der Waals surface area contributed by atoms with Crippen LogP contribution in [-0.2, 0) is 4.79 Å². The highest BCUT2D eigenvalue weighted by Gasteiger charge is 2.68. The molecule has 4 rings (SSSR count). The summed E-state index contributed by atoms with van der Waals surface area (Å²) in [7, 11) is 0. The molecule has 0 bridgehead atoms. The van der Waals surface area contributed by atoms with Gasteiger partial charge in [-0.1, -0.05) is 20.8 Å². The van der Waals surface area contributed by atoms with Gasteiger partial charge in [-0.05, 0) is 73.0 Å². The molecule has 0 aliphatic heterocycles. The quantitative estimate of drug-likeness (QED) is 0.727. The van der Waals surface area contributed by atoms with E-state index in [0.29, 0.717) is 11.7 Å². The van der Waals surface area contributed by atoms with Gasteiger partial charge >= 0.3 is 0 Å². The van der Waals surface area contributed by atoms with Gasteiger partial charge in [0.1, 0.15) is 5.78 Å². The van der Waals surface area contributed by atoms with E-state index in [1.54, 1.807) is 0 Å². The molecule has 18 heavy (non-hydrogen) atoms. The van der Waals surface area contributed by atoms with Gasteiger partial charge in [-0.2, -0.15) is 0 Å². The Morgan fingerprint density at radius 1 is 0.833 bits per heavy atom. The van der Waals surface area contributed by atoms with Gasteiger partial charge in [-0.25, -0.2) is 0 Å². The average Bonchev–Trinajstić information content (AvgIpc) is 2.29. The molecule has 4 saturated carbocycles. The lowest BCUT2D eigenvalue weighted by molar-refractivity contribution is -0.252. The summed E-state index contributed by atoms with van der Waals surface area (Å²) in [6.45, 7) is 9.22. The molecule has 0 N–H and O–H groups in total. The van der Waals surface area contributed by atoms with Crippen LogP contribution in [0.25, 0.3) is 0 Å². The molecular weight excluding hydrogens is 220 g/mol. The Balaban J connectivity index is 1.48. The van der Waals surface area contributed by atoms with Crippen molar-refractivity contribution in [2.45, 2.75) is 40.5 Å². The van der Waals surface area contributed by atoms with Crippen LogP contribution in [0.2, 0.25) is 0 Å². The third-order valence-corrected chi connectivity index (χ3v) is 7.80. The van der Waals surface area contributed by atoms with E-state index in [1.807, 2.05) is 6.92 Å². The monoisotopic (exact) mass is 246 g/mol. The van der Waals surface area contributed by atoms with Gasteiger partial charge in [-0.15, -0.1) is 0 Å². The van der Waals surface area contributed by atoms with E-state index in [1.165, 1.54) is 12.8 Å². The van der Waals surface area contributed by atoms with E-state index in [-0.39, 0.29) is 0 Å². The fourth-order valence-electron chi connectivity index (χ4n) is 6.67. The summed E-state index contributed by atoms with van der Waals surface area (Å²) in [6.07, 6.45) is 2.67. The van der Waals surface area contributed by atoms with Crippen LogP contribution in [-0.4, -0.2) is 5.78 Å². The van der Waals surface area contributed by atoms with Gasteiger partial charge in [0.05, 0.1) is 0 Å². The van der Waals surface area contributed by atoms with E-state index in [9.17, 15) is 4.79 Å². The molecule has 4 fully saturated rings. The van der Waals surface area contributed by atoms with E-state index in [4.69, 9.17) is 0 Å². The Bertz CT molecular complexity index is 400. The van der Waals surface area contributed by atoms with E-state index in [0.717, 1.165) is 53.3 Å². The van der Waals surface area contributed by atoms with Crippen LogP contribution in [0.15, 0.2) is 0 Å². The second-order valence-corrected chi connectivity index (χ2v) is 8.00. The molecule has 0 aromatic rings. The lowest BCUT2D eigenvalue weighted by Gasteiger charge is -2.73. The second kappa shape index (κ2) is 3.41. The Morgan fingerprint density at radius 3 is 2.11 bits per heavy atom. The first kappa shape index (κ1) is 11.5. The first-order chi connectivity index (χ1) is 8.52. The van der Waals surface area contributed by atoms with Crippen LogP contribution >= 0.6 is 0 Å². The van der Waals surface area contributed by atoms with Crippen LogP contribution < -0.4 is 0 Å². The highest BCUT2D eigenvalue weighted by molar-refractivity contribution is 5.80. The molecule has 4 unspecified atom stereocenters. The number of fused-ring (bicyclic) bond motifs is 2. The molecule has 1 nitrogen and oxygen atoms in total. The predicted octanol–water partition coefficient (Wildman–Crippen LogP) is 3.63. The van der Waals surface area contributed by atoms with Crippen molar-refractivity contribution >= 4 is 5.78 Å². The van der Waals surface area contributed by atoms with Gasteiger partial charge < -0.3 is 0 Å². The minimum absolute atomic E-state index is 0.452. The van der Waals surface area contributed by atoms with Crippen LogP contribution in [0.4, 0.5) is 0 Å². The predicted molar refractivity (Wildman–Crippen MR) is 71.8 cm³/mol. The molecular formula is C17H26O. The standard InChI is InChI=1S/C17H26O/c1-7-8(2)16-14(7)9(3)15(16)13-6-11-5-12(10(4)18)17(11)13/h7-9,11-17H,5-6H2,1-4H3/t7?,8?,9?,11-,12+,13+,14?,15+,16+,17+/m0/s1. The van der Waals surface area contributed by atoms with Crippen molar-refractivity contribution in [3.05, 3.63) is 0 Å². The minimum Gasteiger partial charge on any atom is -0.300 e. The highest BCUT2D eigenvalue weighted by atomic mass is 16.1. The zero-order chi connectivity index (χ0) is 12.8. The summed E-state index contributed by atoms with van der Waals surface area (Å²) in [5.41, 5.74) is 0. The van der Waals surface area contributed by atoms with Gasteiger partial charge in [-0.3, -0.25) is 4.79 Å². The SMILES string of the molecule is CC(=O)[C@H]1C[C@H]2C[C@H]([C@H]3C(C)C4C(C)C(C)[C@H]43)[C@H]21. The molecule has 100 valence electrons. The van der Waals surface area contributed by atoms with Crippen molar-refractivity contribution in [3.8, 4) is 0 Å². The number of ketones is 1. The lowest BCUT2D eigenvalue weighted by Crippen LogP contribution is -2.68. The molecule has 0 aromatic carbocycles. The minimum atomic E-state index is 0.452. The zero-order valence-corrected chi connectivity index (χ0v) is 12.1. The first-order valence-corrected chi connectivity index (χ1v) is 8.02. The van der Waals surface area contributed by atoms with E-state index < -0.39 is 0 Å². The fourth-order valence-corrected chi connectivity index (χ4v) is 6.67. The van der Waals surface area contributed by atoms with Crippen LogP contribution in [0.5, 0.6) is 0 Å². The maximum absolute atomic E-state index is 11.6. The molecule has 0 amide bonds. The normalized spacial score (nSPS) is 64.4. The van der Waals surface area contributed by atoms with E-state index >= 15 is 0 Å². The fraction of sp³-hybridized carbons (Fsp3) is 0.941. The molecule has 4 aliphatic carbocycles. The molecule has 0 aromatic heterocycles. The number of rotatable bonds is 2. The Hall–Kier alpha value is -0.330. The lowest BCUT2D eigenvalue weighted by atomic mass is 9.32. The summed E-state index contributed by atoms with van der Waals surface area (Å²) in [4.78, 5) is 11.6. The molecule has 10 atom stereocenters. The Labute approximate surface area is 111 Å². The molecule has 1 heteroatoms. The third kappa shape index (κ3) is 1.09. The molecule has 0 saturated heterocycles. The topological polar surface area (TPSA) is 17.1 Å². The van der Waals surface area contributed by atoms with Crippen LogP contribution in [0.3, 0.4) is 0 Å². The number of hydrogen-bond acceptors (Lipinski definition) is 1. The van der Waals surface area contributed by atoms with Crippen LogP contribution in [0.1, 0.15) is 40.5 Å². The zero-order valence-electron chi connectivity index (χ0n) is 12.1. The van der Waals surface area contributed by atoms with Crippen molar-refractivity contribution in [3.63, 3.8) is 0 Å². The summed E-state index contributed by atoms with van der Waals surface area (Å²) < 4.78 is 0. The van der Waals surface area contributed by atoms with Gasteiger partial charge in [0, 0.05) is 5.92 Å². The van der Waals surface area contributed by atoms with Crippen molar-refractivity contribution in [1.29, 1.82) is 0 Å². The highest BCUT2D eigenvalue weighted by Crippen LogP contribution is 2.72. The second-order valence-electron chi connectivity index (χ2n) is 8.00. The molecule has 0 heterocycles. The van der Waals surface area contributed by atoms with Crippen molar-refractivity contribution < 1.29 is 4.79 Å². The van der Waals surface area contributed by atoms with Crippen molar-refractivity contribution in [2.75, 3.05) is 0 Å². The smallest absolute Gasteiger partial charge is 0.133 e. The van der Waals surface area contributed by atoms with Gasteiger partial charge in [0.25, 0.3) is 0 Å². The largest absolute Gasteiger partial charge is 0.300 e. The number of carbonyl (C=O) groups is 1. The summed E-state index contributed by atoms with van der Waals surface area (Å²) in [5.74, 6) is 9.46. The van der Waals surface area contributed by atoms with Crippen LogP contribution in [0, 0.1) is 59.2 Å². The Kier molecular flexibility index (Phi) is 2.17. The van der Waals surface area contributed by atoms with E-state index in [2.05, 4.69) is 20.8 Å². The third-order valence-electron chi connectivity index (χ3n) is 7.80. The van der Waals surface area contributed by atoms with Gasteiger partial charge in [0.2, 0.25) is 0 Å². The van der Waals surface area contributed by atoms with Crippen molar-refractivity contribution in [1.82, 2.24) is 0 Å². The molecule has 4 aliphatic rings. The Morgan fingerprint density at radius 2 is 1.50 bits per heavy atom. The average molecular weight is 246 g/mol. The number of hydrogen-bond donors (Lipinski definition) is 0. The molecule has 0 spiro atoms. The van der Waals surface area contributed by atoms with Gasteiger partial charge in [0.15, 0.2) is 0 Å². The number of Topliss-reactive ketones (excluding diaryl/α,β-unsaturated/α-hetero) is 1. The first-order valence-electron chi connectivity index (χ1n) is 8.02. The molecule has 0 radical (unpaired) electrons. The summed E-state index contributed by atoms with van der Waals surface area (Å²) in [6, 6.07) is 0. The van der Waals surface area contributed by atoms with Crippen molar-refractivity contribution in [2.24, 2.45) is 59.2 Å². The summed E-state index contributed by atoms with van der Waals surface area (Å²) in [5, 5.41) is 0. The maximum Gasteiger partial charge on any atom is 0.133 e. The number of carbonyl (C=O) groups excluding carboxylic acids is 1.